The summed E-state index contributed by atoms with van der Waals surface area (Å²) in [4.78, 5) is 4.26. The van der Waals surface area contributed by atoms with E-state index in [4.69, 9.17) is 11.6 Å². The molecule has 0 aliphatic carbocycles. The summed E-state index contributed by atoms with van der Waals surface area (Å²) >= 11 is 5.56. The number of halogens is 1. The van der Waals surface area contributed by atoms with E-state index in [1.807, 2.05) is 24.3 Å². The van der Waals surface area contributed by atoms with E-state index in [0.717, 1.165) is 11.1 Å². The highest BCUT2D eigenvalue weighted by molar-refractivity contribution is 6.18. The molecule has 0 bridgehead atoms. The second-order valence-corrected chi connectivity index (χ2v) is 3.50. The average molecular weight is 216 g/mol. The number of pyridine rings is 1. The van der Waals surface area contributed by atoms with Gasteiger partial charge in [-0.05, 0) is 17.4 Å². The van der Waals surface area contributed by atoms with Crippen LogP contribution in [0.2, 0.25) is 0 Å². The van der Waals surface area contributed by atoms with Gasteiger partial charge in [0.05, 0.1) is 0 Å². The van der Waals surface area contributed by atoms with E-state index in [1.54, 1.807) is 6.20 Å². The van der Waals surface area contributed by atoms with Crippen LogP contribution in [0.15, 0.2) is 36.5 Å². The molecule has 0 spiro atoms. The number of hydrogen-bond acceptors (Lipinski definition) is 1. The van der Waals surface area contributed by atoms with Gasteiger partial charge in [-0.1, -0.05) is 30.2 Å². The molecule has 0 aliphatic heterocycles. The van der Waals surface area contributed by atoms with Gasteiger partial charge >= 0.3 is 0 Å². The Morgan fingerprint density at radius 1 is 1.20 bits per heavy atom. The molecule has 0 unspecified atom stereocenters. The fourth-order valence-corrected chi connectivity index (χ4v) is 1.51. The Bertz CT molecular complexity index is 517. The van der Waals surface area contributed by atoms with E-state index in [0.29, 0.717) is 12.3 Å². The summed E-state index contributed by atoms with van der Waals surface area (Å²) in [6.45, 7) is 0. The lowest BCUT2D eigenvalue weighted by atomic mass is 10.1. The molecule has 2 aromatic rings. The van der Waals surface area contributed by atoms with Crippen LogP contribution < -0.4 is 0 Å². The van der Waals surface area contributed by atoms with Crippen LogP contribution in [0.4, 0.5) is 0 Å². The molecule has 0 aliphatic rings. The fraction of sp³-hybridized carbons (Fsp3) is 0.154. The van der Waals surface area contributed by atoms with Crippen LogP contribution in [0.3, 0.4) is 0 Å². The molecule has 0 fully saturated rings. The normalized spacial score (nSPS) is 9.67. The molecule has 2 rings (SSSR count). The predicted octanol–water partition coefficient (Wildman–Crippen LogP) is 3.22. The molecule has 0 N–H and O–H groups in total. The third-order valence-electron chi connectivity index (χ3n) is 2.10. The molecule has 0 saturated heterocycles. The van der Waals surface area contributed by atoms with E-state index in [2.05, 4.69) is 22.9 Å². The van der Waals surface area contributed by atoms with Gasteiger partial charge in [-0.25, -0.2) is 4.98 Å². The van der Waals surface area contributed by atoms with Crippen molar-refractivity contribution in [1.29, 1.82) is 0 Å². The molecular formula is C13H10ClN. The zero-order chi connectivity index (χ0) is 10.5. The molecule has 74 valence electrons. The molecule has 0 atom stereocenters. The SMILES string of the molecule is ClCCC#Cc1nccc2ccccc12. The third kappa shape index (κ3) is 2.29. The molecule has 15 heavy (non-hydrogen) atoms. The van der Waals surface area contributed by atoms with Gasteiger partial charge in [-0.2, -0.15) is 0 Å². The van der Waals surface area contributed by atoms with Crippen LogP contribution >= 0.6 is 11.6 Å². The Morgan fingerprint density at radius 3 is 2.93 bits per heavy atom. The molecule has 1 nitrogen and oxygen atoms in total. The second kappa shape index (κ2) is 4.82. The smallest absolute Gasteiger partial charge is 0.120 e. The summed E-state index contributed by atoms with van der Waals surface area (Å²) in [5, 5.41) is 2.27. The maximum absolute atomic E-state index is 5.56. The molecule has 2 heteroatoms. The van der Waals surface area contributed by atoms with Crippen molar-refractivity contribution in [3.05, 3.63) is 42.2 Å². The van der Waals surface area contributed by atoms with Crippen molar-refractivity contribution in [3.63, 3.8) is 0 Å². The second-order valence-electron chi connectivity index (χ2n) is 3.12. The Kier molecular flexibility index (Phi) is 3.22. The van der Waals surface area contributed by atoms with Crippen molar-refractivity contribution in [1.82, 2.24) is 4.98 Å². The first-order valence-corrected chi connectivity index (χ1v) is 5.34. The van der Waals surface area contributed by atoms with Crippen LogP contribution in [-0.4, -0.2) is 10.9 Å². The Labute approximate surface area is 94.1 Å². The Hall–Kier alpha value is -1.52. The lowest BCUT2D eigenvalue weighted by molar-refractivity contribution is 1.28. The summed E-state index contributed by atoms with van der Waals surface area (Å²) in [5.41, 5.74) is 0.832. The molecule has 0 amide bonds. The standard InChI is InChI=1S/C13H10ClN/c14-9-4-3-7-13-12-6-2-1-5-11(12)8-10-15-13/h1-2,5-6,8,10H,4,9H2. The zero-order valence-electron chi connectivity index (χ0n) is 8.20. The van der Waals surface area contributed by atoms with Crippen molar-refractivity contribution in [2.45, 2.75) is 6.42 Å². The van der Waals surface area contributed by atoms with Crippen LogP contribution in [0.5, 0.6) is 0 Å². The van der Waals surface area contributed by atoms with Crippen molar-refractivity contribution in [2.24, 2.45) is 0 Å². The zero-order valence-corrected chi connectivity index (χ0v) is 8.96. The van der Waals surface area contributed by atoms with Crippen molar-refractivity contribution < 1.29 is 0 Å². The summed E-state index contributed by atoms with van der Waals surface area (Å²) in [6.07, 6.45) is 2.49. The Morgan fingerprint density at radius 2 is 2.07 bits per heavy atom. The highest BCUT2D eigenvalue weighted by Crippen LogP contribution is 2.15. The molecule has 1 aromatic heterocycles. The van der Waals surface area contributed by atoms with Crippen molar-refractivity contribution in [2.75, 3.05) is 5.88 Å². The molecular weight excluding hydrogens is 206 g/mol. The monoisotopic (exact) mass is 215 g/mol. The van der Waals surface area contributed by atoms with E-state index in [-0.39, 0.29) is 0 Å². The van der Waals surface area contributed by atoms with Crippen LogP contribution in [0, 0.1) is 11.8 Å². The first kappa shape index (κ1) is 10.0. The number of fused-ring (bicyclic) bond motifs is 1. The maximum Gasteiger partial charge on any atom is 0.120 e. The molecule has 1 heterocycles. The first-order valence-electron chi connectivity index (χ1n) is 4.80. The molecule has 0 radical (unpaired) electrons. The quantitative estimate of drug-likeness (QED) is 0.526. The lowest BCUT2D eigenvalue weighted by Crippen LogP contribution is -1.84. The van der Waals surface area contributed by atoms with E-state index < -0.39 is 0 Å². The number of rotatable bonds is 1. The first-order chi connectivity index (χ1) is 7.42. The van der Waals surface area contributed by atoms with Gasteiger partial charge < -0.3 is 0 Å². The third-order valence-corrected chi connectivity index (χ3v) is 2.29. The number of hydrogen-bond donors (Lipinski definition) is 0. The number of alkyl halides is 1. The van der Waals surface area contributed by atoms with Crippen molar-refractivity contribution in [3.8, 4) is 11.8 Å². The van der Waals surface area contributed by atoms with Crippen LogP contribution in [-0.2, 0) is 0 Å². The van der Waals surface area contributed by atoms with Gasteiger partial charge in [0, 0.05) is 23.9 Å². The molecule has 0 saturated carbocycles. The molecule has 1 aromatic carbocycles. The largest absolute Gasteiger partial charge is 0.247 e. The van der Waals surface area contributed by atoms with Gasteiger partial charge in [-0.15, -0.1) is 11.6 Å². The Balaban J connectivity index is 2.48. The number of nitrogens with zero attached hydrogens (tertiary/aromatic N) is 1. The minimum absolute atomic E-state index is 0.567. The average Bonchev–Trinajstić information content (AvgIpc) is 2.30. The summed E-state index contributed by atoms with van der Waals surface area (Å²) in [7, 11) is 0. The highest BCUT2D eigenvalue weighted by Gasteiger charge is 1.96. The summed E-state index contributed by atoms with van der Waals surface area (Å²) < 4.78 is 0. The van der Waals surface area contributed by atoms with Gasteiger partial charge in [0.1, 0.15) is 5.69 Å². The van der Waals surface area contributed by atoms with E-state index in [9.17, 15) is 0 Å². The topological polar surface area (TPSA) is 12.9 Å². The highest BCUT2D eigenvalue weighted by atomic mass is 35.5. The number of benzene rings is 1. The number of aromatic nitrogens is 1. The summed E-state index contributed by atoms with van der Waals surface area (Å²) in [5.74, 6) is 6.61. The van der Waals surface area contributed by atoms with Gasteiger partial charge in [0.15, 0.2) is 0 Å². The predicted molar refractivity (Wildman–Crippen MR) is 64.0 cm³/mol. The van der Waals surface area contributed by atoms with Gasteiger partial charge in [0.25, 0.3) is 0 Å². The maximum atomic E-state index is 5.56. The van der Waals surface area contributed by atoms with Crippen molar-refractivity contribution >= 4 is 22.4 Å². The summed E-state index contributed by atoms with van der Waals surface area (Å²) in [6, 6.07) is 10.1. The fourth-order valence-electron chi connectivity index (χ4n) is 1.41. The van der Waals surface area contributed by atoms with Gasteiger partial charge in [-0.3, -0.25) is 0 Å². The van der Waals surface area contributed by atoms with E-state index >= 15 is 0 Å². The van der Waals surface area contributed by atoms with Crippen LogP contribution in [0.1, 0.15) is 12.1 Å². The van der Waals surface area contributed by atoms with Gasteiger partial charge in [0.2, 0.25) is 0 Å². The van der Waals surface area contributed by atoms with Crippen LogP contribution in [0.25, 0.3) is 10.8 Å². The minimum atomic E-state index is 0.567. The van der Waals surface area contributed by atoms with E-state index in [1.165, 1.54) is 5.39 Å². The lowest BCUT2D eigenvalue weighted by Gasteiger charge is -1.97. The minimum Gasteiger partial charge on any atom is -0.247 e.